The lowest BCUT2D eigenvalue weighted by atomic mass is 10.1. The van der Waals surface area contributed by atoms with Gasteiger partial charge in [0.15, 0.2) is 0 Å². The number of hydrogen-bond donors (Lipinski definition) is 1. The van der Waals surface area contributed by atoms with E-state index in [9.17, 15) is 0 Å². The van der Waals surface area contributed by atoms with E-state index in [1.54, 1.807) is 0 Å². The highest BCUT2D eigenvalue weighted by Gasteiger charge is 2.27. The highest BCUT2D eigenvalue weighted by atomic mass is 15.2. The Balaban J connectivity index is 1.86. The summed E-state index contributed by atoms with van der Waals surface area (Å²) in [4.78, 5) is 2.59. The van der Waals surface area contributed by atoms with E-state index in [0.717, 1.165) is 11.7 Å². The van der Waals surface area contributed by atoms with Crippen molar-refractivity contribution in [1.29, 1.82) is 0 Å². The molecule has 2 heteroatoms. The molecule has 0 radical (unpaired) electrons. The molecule has 1 heterocycles. The van der Waals surface area contributed by atoms with Crippen LogP contribution in [0.5, 0.6) is 0 Å². The zero-order valence-electron chi connectivity index (χ0n) is 10.5. The molecule has 17 heavy (non-hydrogen) atoms. The van der Waals surface area contributed by atoms with Crippen molar-refractivity contribution >= 4 is 11.4 Å². The first-order chi connectivity index (χ1) is 8.36. The summed E-state index contributed by atoms with van der Waals surface area (Å²) in [6.45, 7) is 1.17. The fraction of sp³-hybridized carbons (Fsp3) is 0.600. The van der Waals surface area contributed by atoms with Crippen molar-refractivity contribution in [2.24, 2.45) is 0 Å². The second-order valence-electron chi connectivity index (χ2n) is 5.44. The van der Waals surface area contributed by atoms with E-state index in [-0.39, 0.29) is 0 Å². The van der Waals surface area contributed by atoms with E-state index in [1.165, 1.54) is 62.7 Å². The van der Waals surface area contributed by atoms with Gasteiger partial charge in [0.05, 0.1) is 11.4 Å². The van der Waals surface area contributed by atoms with Crippen molar-refractivity contribution in [2.45, 2.75) is 51.0 Å². The molecule has 2 aliphatic rings. The number of benzene rings is 1. The van der Waals surface area contributed by atoms with Crippen LogP contribution in [-0.4, -0.2) is 12.6 Å². The SMILES string of the molecule is Nc1cccc2c1N(C1CCCCCC1)CC2. The summed E-state index contributed by atoms with van der Waals surface area (Å²) in [6, 6.07) is 7.12. The van der Waals surface area contributed by atoms with Gasteiger partial charge in [-0.15, -0.1) is 0 Å². The first-order valence-electron chi connectivity index (χ1n) is 7.00. The fourth-order valence-corrected chi connectivity index (χ4v) is 3.45. The number of nitrogens with two attached hydrogens (primary N) is 1. The number of nitrogens with zero attached hydrogens (tertiary/aromatic N) is 1. The molecule has 3 rings (SSSR count). The minimum atomic E-state index is 0.739. The van der Waals surface area contributed by atoms with E-state index in [2.05, 4.69) is 17.0 Å². The monoisotopic (exact) mass is 230 g/mol. The molecule has 0 saturated heterocycles. The van der Waals surface area contributed by atoms with Gasteiger partial charge in [-0.25, -0.2) is 0 Å². The Labute approximate surface area is 104 Å². The zero-order chi connectivity index (χ0) is 11.7. The zero-order valence-corrected chi connectivity index (χ0v) is 10.5. The van der Waals surface area contributed by atoms with E-state index < -0.39 is 0 Å². The van der Waals surface area contributed by atoms with Gasteiger partial charge in [0.1, 0.15) is 0 Å². The Bertz CT molecular complexity index is 392. The van der Waals surface area contributed by atoms with Crippen molar-refractivity contribution in [1.82, 2.24) is 0 Å². The largest absolute Gasteiger partial charge is 0.397 e. The standard InChI is InChI=1S/C15H22N2/c16-14-9-5-6-12-10-11-17(15(12)14)13-7-3-1-2-4-8-13/h5-6,9,13H,1-4,7-8,10-11,16H2. The first kappa shape index (κ1) is 10.9. The van der Waals surface area contributed by atoms with Crippen LogP contribution >= 0.6 is 0 Å². The van der Waals surface area contributed by atoms with E-state index in [4.69, 9.17) is 5.73 Å². The molecule has 0 amide bonds. The summed E-state index contributed by atoms with van der Waals surface area (Å²) in [5.41, 5.74) is 9.94. The molecule has 2 nitrogen and oxygen atoms in total. The molecule has 92 valence electrons. The van der Waals surface area contributed by atoms with Crippen molar-refractivity contribution < 1.29 is 0 Å². The van der Waals surface area contributed by atoms with Gasteiger partial charge in [0, 0.05) is 12.6 Å². The molecule has 1 aromatic carbocycles. The van der Waals surface area contributed by atoms with Gasteiger partial charge in [0.2, 0.25) is 0 Å². The minimum absolute atomic E-state index is 0.739. The highest BCUT2D eigenvalue weighted by Crippen LogP contribution is 2.37. The molecule has 1 fully saturated rings. The molecule has 0 unspecified atom stereocenters. The summed E-state index contributed by atoms with van der Waals surface area (Å²) in [6.07, 6.45) is 9.51. The average molecular weight is 230 g/mol. The number of para-hydroxylation sites is 1. The van der Waals surface area contributed by atoms with Gasteiger partial charge in [-0.3, -0.25) is 0 Å². The average Bonchev–Trinajstić information content (AvgIpc) is 2.59. The van der Waals surface area contributed by atoms with Crippen molar-refractivity contribution in [3.63, 3.8) is 0 Å². The van der Waals surface area contributed by atoms with Gasteiger partial charge in [0.25, 0.3) is 0 Å². The number of fused-ring (bicyclic) bond motifs is 1. The number of anilines is 2. The fourth-order valence-electron chi connectivity index (χ4n) is 3.45. The quantitative estimate of drug-likeness (QED) is 0.592. The second-order valence-corrected chi connectivity index (χ2v) is 5.44. The van der Waals surface area contributed by atoms with Crippen molar-refractivity contribution in [2.75, 3.05) is 17.2 Å². The maximum absolute atomic E-state index is 6.17. The van der Waals surface area contributed by atoms with Crippen LogP contribution < -0.4 is 10.6 Å². The minimum Gasteiger partial charge on any atom is -0.397 e. The Morgan fingerprint density at radius 1 is 1.06 bits per heavy atom. The molecule has 0 atom stereocenters. The van der Waals surface area contributed by atoms with Crippen LogP contribution in [0.2, 0.25) is 0 Å². The van der Waals surface area contributed by atoms with Crippen LogP contribution in [0.3, 0.4) is 0 Å². The van der Waals surface area contributed by atoms with E-state index >= 15 is 0 Å². The molecule has 0 aromatic heterocycles. The molecular formula is C15H22N2. The third-order valence-corrected chi connectivity index (χ3v) is 4.33. The summed E-state index contributed by atoms with van der Waals surface area (Å²) in [7, 11) is 0. The predicted octanol–water partition coefficient (Wildman–Crippen LogP) is 3.35. The summed E-state index contributed by atoms with van der Waals surface area (Å²) < 4.78 is 0. The normalized spacial score (nSPS) is 21.3. The molecule has 2 N–H and O–H groups in total. The smallest absolute Gasteiger partial charge is 0.0635 e. The summed E-state index contributed by atoms with van der Waals surface area (Å²) >= 11 is 0. The lowest BCUT2D eigenvalue weighted by molar-refractivity contribution is 0.537. The highest BCUT2D eigenvalue weighted by molar-refractivity contribution is 5.74. The Kier molecular flexibility index (Phi) is 2.96. The summed E-state index contributed by atoms with van der Waals surface area (Å²) in [5.74, 6) is 0. The van der Waals surface area contributed by atoms with Crippen LogP contribution in [0.15, 0.2) is 18.2 Å². The van der Waals surface area contributed by atoms with Crippen LogP contribution in [-0.2, 0) is 6.42 Å². The van der Waals surface area contributed by atoms with Gasteiger partial charge >= 0.3 is 0 Å². The van der Waals surface area contributed by atoms with E-state index in [1.807, 2.05) is 6.07 Å². The van der Waals surface area contributed by atoms with Gasteiger partial charge in [-0.2, -0.15) is 0 Å². The Morgan fingerprint density at radius 3 is 2.59 bits per heavy atom. The maximum atomic E-state index is 6.17. The topological polar surface area (TPSA) is 29.3 Å². The van der Waals surface area contributed by atoms with Crippen LogP contribution in [0.1, 0.15) is 44.1 Å². The Morgan fingerprint density at radius 2 is 1.82 bits per heavy atom. The van der Waals surface area contributed by atoms with Crippen molar-refractivity contribution in [3.05, 3.63) is 23.8 Å². The van der Waals surface area contributed by atoms with Gasteiger partial charge in [-0.05, 0) is 30.9 Å². The third-order valence-electron chi connectivity index (χ3n) is 4.33. The lowest BCUT2D eigenvalue weighted by Gasteiger charge is -2.30. The van der Waals surface area contributed by atoms with E-state index in [0.29, 0.717) is 0 Å². The lowest BCUT2D eigenvalue weighted by Crippen LogP contribution is -2.33. The predicted molar refractivity (Wildman–Crippen MR) is 73.4 cm³/mol. The van der Waals surface area contributed by atoms with Gasteiger partial charge < -0.3 is 10.6 Å². The molecule has 0 bridgehead atoms. The number of rotatable bonds is 1. The van der Waals surface area contributed by atoms with Crippen LogP contribution in [0.4, 0.5) is 11.4 Å². The second kappa shape index (κ2) is 4.59. The Hall–Kier alpha value is -1.18. The van der Waals surface area contributed by atoms with Crippen LogP contribution in [0.25, 0.3) is 0 Å². The first-order valence-corrected chi connectivity index (χ1v) is 7.00. The van der Waals surface area contributed by atoms with Crippen molar-refractivity contribution in [3.8, 4) is 0 Å². The molecular weight excluding hydrogens is 208 g/mol. The number of nitrogen functional groups attached to an aromatic ring is 1. The third kappa shape index (κ3) is 2.01. The van der Waals surface area contributed by atoms with Crippen LogP contribution in [0, 0.1) is 0 Å². The number of hydrogen-bond acceptors (Lipinski definition) is 2. The maximum Gasteiger partial charge on any atom is 0.0635 e. The molecule has 0 spiro atoms. The molecule has 1 saturated carbocycles. The molecule has 1 aromatic rings. The summed E-state index contributed by atoms with van der Waals surface area (Å²) in [5, 5.41) is 0. The molecule has 1 aliphatic heterocycles. The van der Waals surface area contributed by atoms with Gasteiger partial charge in [-0.1, -0.05) is 37.8 Å². The molecule has 1 aliphatic carbocycles.